The van der Waals surface area contributed by atoms with Crippen LogP contribution in [-0.4, -0.2) is 52.3 Å². The van der Waals surface area contributed by atoms with Gasteiger partial charge in [0.05, 0.1) is 12.3 Å². The summed E-state index contributed by atoms with van der Waals surface area (Å²) < 4.78 is 5.92. The molecule has 0 aliphatic carbocycles. The van der Waals surface area contributed by atoms with Gasteiger partial charge < -0.3 is 9.64 Å². The Morgan fingerprint density at radius 2 is 2.23 bits per heavy atom. The zero-order valence-corrected chi connectivity index (χ0v) is 15.6. The van der Waals surface area contributed by atoms with Gasteiger partial charge in [-0.2, -0.15) is 5.01 Å². The Bertz CT molecular complexity index is 674. The van der Waals surface area contributed by atoms with E-state index in [2.05, 4.69) is 28.3 Å². The maximum atomic E-state index is 5.92. The fraction of sp³-hybridized carbons (Fsp3) is 0.550. The highest BCUT2D eigenvalue weighted by Crippen LogP contribution is 2.22. The fourth-order valence-electron chi connectivity index (χ4n) is 3.94. The standard InChI is InChI=1S/C20H29N5O/c1-17-6-4-11-23(17)12-5-15-26-20-8-7-18-16-24(14-9-19(18)22-20)25-13-3-2-10-21-25/h2-3,7-8,10,13,17,21H,4-6,9,11-12,14-16H2,1H3/t17-/m1/s1. The van der Waals surface area contributed by atoms with Crippen molar-refractivity contribution in [1.82, 2.24) is 25.4 Å². The topological polar surface area (TPSA) is 43.9 Å². The van der Waals surface area contributed by atoms with Crippen LogP contribution in [0.4, 0.5) is 0 Å². The number of hydrogen-bond acceptors (Lipinski definition) is 6. The van der Waals surface area contributed by atoms with Crippen molar-refractivity contribution < 1.29 is 4.74 Å². The number of ether oxygens (including phenoxy) is 1. The second-order valence-electron chi connectivity index (χ2n) is 7.30. The summed E-state index contributed by atoms with van der Waals surface area (Å²) in [7, 11) is 0. The van der Waals surface area contributed by atoms with Crippen molar-refractivity contribution in [2.24, 2.45) is 0 Å². The number of fused-ring (bicyclic) bond motifs is 1. The van der Waals surface area contributed by atoms with E-state index < -0.39 is 0 Å². The first-order valence-corrected chi connectivity index (χ1v) is 9.79. The lowest BCUT2D eigenvalue weighted by atomic mass is 10.1. The predicted molar refractivity (Wildman–Crippen MR) is 102 cm³/mol. The van der Waals surface area contributed by atoms with E-state index in [9.17, 15) is 0 Å². The van der Waals surface area contributed by atoms with Gasteiger partial charge in [0.1, 0.15) is 0 Å². The molecule has 0 radical (unpaired) electrons. The van der Waals surface area contributed by atoms with E-state index in [1.807, 2.05) is 35.7 Å². The Balaban J connectivity index is 1.26. The van der Waals surface area contributed by atoms with Gasteiger partial charge >= 0.3 is 0 Å². The molecule has 26 heavy (non-hydrogen) atoms. The van der Waals surface area contributed by atoms with E-state index in [1.165, 1.54) is 30.6 Å². The van der Waals surface area contributed by atoms with Gasteiger partial charge in [-0.1, -0.05) is 6.07 Å². The minimum atomic E-state index is 0.736. The number of aromatic nitrogens is 1. The number of likely N-dealkylation sites (tertiary alicyclic amines) is 1. The lowest BCUT2D eigenvalue weighted by molar-refractivity contribution is -0.0246. The van der Waals surface area contributed by atoms with Crippen LogP contribution >= 0.6 is 0 Å². The number of hydrogen-bond donors (Lipinski definition) is 1. The summed E-state index contributed by atoms with van der Waals surface area (Å²) in [6.45, 7) is 7.25. The minimum Gasteiger partial charge on any atom is -0.478 e. The highest BCUT2D eigenvalue weighted by Gasteiger charge is 2.22. The normalized spacial score (nSPS) is 23.1. The molecule has 140 valence electrons. The molecule has 4 rings (SSSR count). The lowest BCUT2D eigenvalue weighted by Crippen LogP contribution is -2.48. The molecule has 4 heterocycles. The van der Waals surface area contributed by atoms with Crippen molar-refractivity contribution >= 4 is 0 Å². The maximum absolute atomic E-state index is 5.92. The van der Waals surface area contributed by atoms with E-state index in [4.69, 9.17) is 9.72 Å². The predicted octanol–water partition coefficient (Wildman–Crippen LogP) is 2.46. The molecule has 6 nitrogen and oxygen atoms in total. The minimum absolute atomic E-state index is 0.736. The van der Waals surface area contributed by atoms with Crippen molar-refractivity contribution in [2.45, 2.75) is 45.2 Å². The van der Waals surface area contributed by atoms with Gasteiger partial charge in [0.2, 0.25) is 5.88 Å². The summed E-state index contributed by atoms with van der Waals surface area (Å²) in [6, 6.07) is 4.91. The molecule has 1 N–H and O–H groups in total. The molecule has 0 amide bonds. The molecule has 1 aromatic heterocycles. The summed E-state index contributed by atoms with van der Waals surface area (Å²) in [4.78, 5) is 7.31. The third-order valence-electron chi connectivity index (χ3n) is 5.48. The molecule has 0 unspecified atom stereocenters. The second kappa shape index (κ2) is 8.10. The van der Waals surface area contributed by atoms with Gasteiger partial charge in [0, 0.05) is 50.6 Å². The molecule has 1 atom stereocenters. The van der Waals surface area contributed by atoms with Crippen LogP contribution in [0, 0.1) is 0 Å². The molecule has 3 aliphatic heterocycles. The highest BCUT2D eigenvalue weighted by atomic mass is 16.5. The van der Waals surface area contributed by atoms with Crippen LogP contribution in [0.1, 0.15) is 37.4 Å². The van der Waals surface area contributed by atoms with Crippen molar-refractivity contribution in [1.29, 1.82) is 0 Å². The van der Waals surface area contributed by atoms with Crippen LogP contribution in [0.5, 0.6) is 5.88 Å². The second-order valence-corrected chi connectivity index (χ2v) is 7.30. The van der Waals surface area contributed by atoms with Crippen LogP contribution < -0.4 is 10.2 Å². The largest absolute Gasteiger partial charge is 0.478 e. The number of allylic oxidation sites excluding steroid dienone is 2. The molecule has 0 saturated carbocycles. The van der Waals surface area contributed by atoms with Crippen molar-refractivity contribution in [3.8, 4) is 5.88 Å². The zero-order chi connectivity index (χ0) is 17.8. The van der Waals surface area contributed by atoms with Crippen molar-refractivity contribution in [2.75, 3.05) is 26.2 Å². The number of pyridine rings is 1. The van der Waals surface area contributed by atoms with Gasteiger partial charge in [-0.25, -0.2) is 10.1 Å². The molecule has 1 aromatic rings. The molecular weight excluding hydrogens is 326 g/mol. The fourth-order valence-corrected chi connectivity index (χ4v) is 3.94. The Morgan fingerprint density at radius 1 is 1.27 bits per heavy atom. The van der Waals surface area contributed by atoms with E-state index >= 15 is 0 Å². The Morgan fingerprint density at radius 3 is 3.04 bits per heavy atom. The third-order valence-corrected chi connectivity index (χ3v) is 5.48. The average molecular weight is 355 g/mol. The zero-order valence-electron chi connectivity index (χ0n) is 15.6. The van der Waals surface area contributed by atoms with Gasteiger partial charge in [-0.15, -0.1) is 0 Å². The summed E-state index contributed by atoms with van der Waals surface area (Å²) >= 11 is 0. The molecule has 0 bridgehead atoms. The van der Waals surface area contributed by atoms with Crippen LogP contribution in [0.2, 0.25) is 0 Å². The van der Waals surface area contributed by atoms with E-state index in [-0.39, 0.29) is 0 Å². The van der Waals surface area contributed by atoms with Crippen LogP contribution in [0.15, 0.2) is 36.7 Å². The molecule has 3 aliphatic rings. The van der Waals surface area contributed by atoms with Crippen molar-refractivity contribution in [3.05, 3.63) is 47.9 Å². The molecule has 1 saturated heterocycles. The first-order chi connectivity index (χ1) is 12.8. The van der Waals surface area contributed by atoms with Gasteiger partial charge in [-0.3, -0.25) is 5.43 Å². The van der Waals surface area contributed by atoms with E-state index in [0.717, 1.165) is 51.0 Å². The molecule has 0 spiro atoms. The summed E-state index contributed by atoms with van der Waals surface area (Å²) in [5, 5.41) is 4.31. The molecule has 0 aromatic carbocycles. The Kier molecular flexibility index (Phi) is 5.41. The third kappa shape index (κ3) is 4.02. The number of hydrazine groups is 2. The van der Waals surface area contributed by atoms with Gasteiger partial charge in [-0.05, 0) is 50.4 Å². The van der Waals surface area contributed by atoms with Crippen LogP contribution in [0.3, 0.4) is 0 Å². The van der Waals surface area contributed by atoms with Crippen molar-refractivity contribution in [3.63, 3.8) is 0 Å². The number of nitrogens with zero attached hydrogens (tertiary/aromatic N) is 4. The smallest absolute Gasteiger partial charge is 0.213 e. The van der Waals surface area contributed by atoms with E-state index in [0.29, 0.717) is 0 Å². The van der Waals surface area contributed by atoms with Gasteiger partial charge in [0.15, 0.2) is 0 Å². The van der Waals surface area contributed by atoms with Crippen LogP contribution in [0.25, 0.3) is 0 Å². The van der Waals surface area contributed by atoms with E-state index in [1.54, 1.807) is 0 Å². The first-order valence-electron chi connectivity index (χ1n) is 9.79. The quantitative estimate of drug-likeness (QED) is 0.791. The maximum Gasteiger partial charge on any atom is 0.213 e. The Labute approximate surface area is 156 Å². The molecular formula is C20H29N5O. The number of nitrogens with one attached hydrogen (secondary N) is 1. The Hall–Kier alpha value is -2.05. The average Bonchev–Trinajstić information content (AvgIpc) is 3.10. The molecule has 1 fully saturated rings. The SMILES string of the molecule is C[C@@H]1CCCN1CCCOc1ccc2c(n1)CCN(N1C=CC=CN1)C2. The lowest BCUT2D eigenvalue weighted by Gasteiger charge is -2.37. The first kappa shape index (κ1) is 17.4. The van der Waals surface area contributed by atoms with Crippen LogP contribution in [-0.2, 0) is 13.0 Å². The van der Waals surface area contributed by atoms with Gasteiger partial charge in [0.25, 0.3) is 0 Å². The monoisotopic (exact) mass is 355 g/mol. The molecule has 6 heteroatoms. The summed E-state index contributed by atoms with van der Waals surface area (Å²) in [6.07, 6.45) is 12.7. The number of rotatable bonds is 6. The summed E-state index contributed by atoms with van der Waals surface area (Å²) in [5.74, 6) is 0.769. The summed E-state index contributed by atoms with van der Waals surface area (Å²) in [5.41, 5.74) is 5.68. The highest BCUT2D eigenvalue weighted by molar-refractivity contribution is 5.27.